The smallest absolute Gasteiger partial charge is 0.218 e. The third-order valence-corrected chi connectivity index (χ3v) is 3.69. The van der Waals surface area contributed by atoms with Gasteiger partial charge in [0.2, 0.25) is 5.56 Å². The predicted molar refractivity (Wildman–Crippen MR) is 64.6 cm³/mol. The Kier molecular flexibility index (Phi) is 2.28. The highest BCUT2D eigenvalue weighted by Crippen LogP contribution is 2.42. The molecular weight excluding hydrogens is 206 g/mol. The van der Waals surface area contributed by atoms with Crippen LogP contribution < -0.4 is 9.64 Å². The van der Waals surface area contributed by atoms with E-state index >= 15 is 0 Å². The largest absolute Gasteiger partial charge is 0.459 e. The van der Waals surface area contributed by atoms with E-state index in [0.29, 0.717) is 6.04 Å². The summed E-state index contributed by atoms with van der Waals surface area (Å²) in [6, 6.07) is 8.85. The monoisotopic (exact) mass is 221 g/mol. The molecule has 1 atom stereocenters. The van der Waals surface area contributed by atoms with Gasteiger partial charge in [0, 0.05) is 6.04 Å². The van der Waals surface area contributed by atoms with E-state index in [-0.39, 0.29) is 5.56 Å². The number of thiol groups is 1. The number of nitrogens with zero attached hydrogens (tertiary/aromatic N) is 1. The van der Waals surface area contributed by atoms with Crippen LogP contribution in [0.4, 0.5) is 5.69 Å². The van der Waals surface area contributed by atoms with E-state index in [1.54, 1.807) is 0 Å². The minimum absolute atomic E-state index is 0.0921. The zero-order chi connectivity index (χ0) is 10.3. The Balaban J connectivity index is 1.94. The van der Waals surface area contributed by atoms with E-state index < -0.39 is 0 Å². The van der Waals surface area contributed by atoms with Crippen LogP contribution in [0.25, 0.3) is 0 Å². The van der Waals surface area contributed by atoms with Gasteiger partial charge in [-0.2, -0.15) is 0 Å². The molecule has 3 rings (SSSR count). The van der Waals surface area contributed by atoms with E-state index in [1.807, 2.05) is 12.1 Å². The lowest BCUT2D eigenvalue weighted by Crippen LogP contribution is -2.38. The van der Waals surface area contributed by atoms with Gasteiger partial charge in [-0.15, -0.1) is 12.6 Å². The van der Waals surface area contributed by atoms with Gasteiger partial charge in [0.05, 0.1) is 5.69 Å². The number of para-hydroxylation sites is 2. The molecule has 1 unspecified atom stereocenters. The van der Waals surface area contributed by atoms with Crippen LogP contribution in [0.15, 0.2) is 24.3 Å². The van der Waals surface area contributed by atoms with Gasteiger partial charge in [0.1, 0.15) is 5.75 Å². The molecule has 1 aromatic rings. The Morgan fingerprint density at radius 2 is 1.93 bits per heavy atom. The second-order valence-electron chi connectivity index (χ2n) is 4.26. The molecule has 0 radical (unpaired) electrons. The standard InChI is InChI=1S/C12H15NOS/c15-12-13(9-5-1-2-6-9)10-7-3-4-8-11(10)14-12/h3-4,7-9,12,15H,1-2,5-6H2. The van der Waals surface area contributed by atoms with E-state index in [1.165, 1.54) is 31.4 Å². The molecule has 0 saturated heterocycles. The maximum Gasteiger partial charge on any atom is 0.218 e. The molecule has 3 heteroatoms. The van der Waals surface area contributed by atoms with Gasteiger partial charge in [-0.25, -0.2) is 0 Å². The van der Waals surface area contributed by atoms with Crippen LogP contribution in [0.2, 0.25) is 0 Å². The Morgan fingerprint density at radius 1 is 1.20 bits per heavy atom. The van der Waals surface area contributed by atoms with Crippen LogP contribution in [0, 0.1) is 0 Å². The van der Waals surface area contributed by atoms with Gasteiger partial charge in [-0.1, -0.05) is 25.0 Å². The van der Waals surface area contributed by atoms with Gasteiger partial charge >= 0.3 is 0 Å². The van der Waals surface area contributed by atoms with Gasteiger partial charge in [0.15, 0.2) is 0 Å². The van der Waals surface area contributed by atoms with E-state index in [2.05, 4.69) is 29.7 Å². The maximum atomic E-state index is 5.72. The van der Waals surface area contributed by atoms with Crippen molar-refractivity contribution in [3.63, 3.8) is 0 Å². The zero-order valence-corrected chi connectivity index (χ0v) is 9.49. The van der Waals surface area contributed by atoms with Gasteiger partial charge in [0.25, 0.3) is 0 Å². The van der Waals surface area contributed by atoms with Crippen molar-refractivity contribution in [2.24, 2.45) is 0 Å². The van der Waals surface area contributed by atoms with Crippen molar-refractivity contribution >= 4 is 18.3 Å². The van der Waals surface area contributed by atoms with Crippen molar-refractivity contribution in [2.45, 2.75) is 37.3 Å². The maximum absolute atomic E-state index is 5.72. The summed E-state index contributed by atoms with van der Waals surface area (Å²) in [5, 5.41) is 0. The lowest BCUT2D eigenvalue weighted by atomic mass is 10.2. The molecule has 80 valence electrons. The molecule has 1 saturated carbocycles. The van der Waals surface area contributed by atoms with Crippen LogP contribution in [-0.2, 0) is 0 Å². The minimum atomic E-state index is -0.0921. The van der Waals surface area contributed by atoms with Crippen LogP contribution in [0.3, 0.4) is 0 Å². The number of hydrogen-bond acceptors (Lipinski definition) is 3. The number of anilines is 1. The number of fused-ring (bicyclic) bond motifs is 1. The second-order valence-corrected chi connectivity index (χ2v) is 4.70. The Morgan fingerprint density at radius 3 is 2.73 bits per heavy atom. The van der Waals surface area contributed by atoms with E-state index in [4.69, 9.17) is 4.74 Å². The van der Waals surface area contributed by atoms with Crippen LogP contribution in [-0.4, -0.2) is 11.6 Å². The highest BCUT2D eigenvalue weighted by Gasteiger charge is 2.34. The molecule has 15 heavy (non-hydrogen) atoms. The van der Waals surface area contributed by atoms with Crippen LogP contribution in [0.5, 0.6) is 5.75 Å². The van der Waals surface area contributed by atoms with Crippen molar-refractivity contribution < 1.29 is 4.74 Å². The summed E-state index contributed by atoms with van der Waals surface area (Å²) >= 11 is 4.51. The molecule has 1 aromatic carbocycles. The fourth-order valence-electron chi connectivity index (χ4n) is 2.62. The molecule has 0 amide bonds. The summed E-state index contributed by atoms with van der Waals surface area (Å²) in [5.41, 5.74) is 1.12. The molecule has 0 bridgehead atoms. The molecule has 0 N–H and O–H groups in total. The lowest BCUT2D eigenvalue weighted by molar-refractivity contribution is 0.302. The van der Waals surface area contributed by atoms with E-state index in [9.17, 15) is 0 Å². The lowest BCUT2D eigenvalue weighted by Gasteiger charge is -2.28. The Labute approximate surface area is 95.6 Å². The molecular formula is C12H15NOS. The molecule has 0 aromatic heterocycles. The Bertz CT molecular complexity index is 362. The average molecular weight is 221 g/mol. The third-order valence-electron chi connectivity index (χ3n) is 3.33. The highest BCUT2D eigenvalue weighted by atomic mass is 32.1. The van der Waals surface area contributed by atoms with Gasteiger partial charge in [-0.05, 0) is 25.0 Å². The summed E-state index contributed by atoms with van der Waals surface area (Å²) in [5.74, 6) is 0.976. The fourth-order valence-corrected chi connectivity index (χ4v) is 3.05. The summed E-state index contributed by atoms with van der Waals surface area (Å²) in [6.07, 6.45) is 5.22. The van der Waals surface area contributed by atoms with Crippen molar-refractivity contribution in [1.82, 2.24) is 0 Å². The van der Waals surface area contributed by atoms with Crippen LogP contribution in [0.1, 0.15) is 25.7 Å². The summed E-state index contributed by atoms with van der Waals surface area (Å²) in [4.78, 5) is 2.32. The van der Waals surface area contributed by atoms with E-state index in [0.717, 1.165) is 5.75 Å². The second kappa shape index (κ2) is 3.63. The molecule has 1 aliphatic heterocycles. The summed E-state index contributed by atoms with van der Waals surface area (Å²) in [6.45, 7) is 0. The van der Waals surface area contributed by atoms with Crippen molar-refractivity contribution in [3.05, 3.63) is 24.3 Å². The summed E-state index contributed by atoms with van der Waals surface area (Å²) in [7, 11) is 0. The predicted octanol–water partition coefficient (Wildman–Crippen LogP) is 3.04. The van der Waals surface area contributed by atoms with Crippen molar-refractivity contribution in [3.8, 4) is 5.75 Å². The number of rotatable bonds is 1. The van der Waals surface area contributed by atoms with Gasteiger partial charge in [-0.3, -0.25) is 0 Å². The first kappa shape index (κ1) is 9.40. The Hall–Kier alpha value is -0.830. The highest BCUT2D eigenvalue weighted by molar-refractivity contribution is 7.80. The molecule has 0 spiro atoms. The molecule has 2 nitrogen and oxygen atoms in total. The molecule has 1 heterocycles. The molecule has 1 aliphatic carbocycles. The first-order valence-electron chi connectivity index (χ1n) is 5.58. The number of benzene rings is 1. The first-order chi connectivity index (χ1) is 7.36. The molecule has 1 fully saturated rings. The van der Waals surface area contributed by atoms with Crippen molar-refractivity contribution in [1.29, 1.82) is 0 Å². The normalized spacial score (nSPS) is 25.4. The van der Waals surface area contributed by atoms with Crippen molar-refractivity contribution in [2.75, 3.05) is 4.90 Å². The topological polar surface area (TPSA) is 12.5 Å². The number of hydrogen-bond donors (Lipinski definition) is 1. The zero-order valence-electron chi connectivity index (χ0n) is 8.60. The fraction of sp³-hybridized carbons (Fsp3) is 0.500. The number of ether oxygens (including phenoxy) is 1. The minimum Gasteiger partial charge on any atom is -0.459 e. The quantitative estimate of drug-likeness (QED) is 0.732. The molecule has 2 aliphatic rings. The SMILES string of the molecule is SC1Oc2ccccc2N1C1CCCC1. The van der Waals surface area contributed by atoms with Crippen LogP contribution >= 0.6 is 12.6 Å². The van der Waals surface area contributed by atoms with Gasteiger partial charge < -0.3 is 9.64 Å². The first-order valence-corrected chi connectivity index (χ1v) is 6.10. The third kappa shape index (κ3) is 1.49. The summed E-state index contributed by atoms with van der Waals surface area (Å²) < 4.78 is 5.72. The average Bonchev–Trinajstić information content (AvgIpc) is 2.82.